The molecule has 2 rings (SSSR count). The maximum atomic E-state index is 12.1. The Morgan fingerprint density at radius 3 is 2.29 bits per heavy atom. The third-order valence-corrected chi connectivity index (χ3v) is 3.39. The quantitative estimate of drug-likeness (QED) is 0.822. The highest BCUT2D eigenvalue weighted by atomic mass is 35.5. The van der Waals surface area contributed by atoms with Crippen LogP contribution in [-0.4, -0.2) is 17.9 Å². The number of halogens is 1. The minimum absolute atomic E-state index is 0.0500. The second-order valence-electron chi connectivity index (χ2n) is 5.53. The Morgan fingerprint density at radius 1 is 1.00 bits per heavy atom. The molecule has 0 aromatic heterocycles. The minimum atomic E-state index is -0.783. The molecule has 0 fully saturated rings. The molecule has 5 nitrogen and oxygen atoms in total. The lowest BCUT2D eigenvalue weighted by Crippen LogP contribution is -2.29. The first-order valence-electron chi connectivity index (χ1n) is 7.51. The Morgan fingerprint density at radius 2 is 1.62 bits per heavy atom. The van der Waals surface area contributed by atoms with Crippen molar-refractivity contribution in [3.05, 3.63) is 53.1 Å². The topological polar surface area (TPSA) is 67.4 Å². The number of benzene rings is 2. The van der Waals surface area contributed by atoms with E-state index in [1.54, 1.807) is 42.5 Å². The Kier molecular flexibility index (Phi) is 5.82. The third kappa shape index (κ3) is 4.73. The molecule has 2 aromatic rings. The fraction of sp³-hybridized carbons (Fsp3) is 0.222. The Labute approximate surface area is 146 Å². The van der Waals surface area contributed by atoms with Gasteiger partial charge in [0, 0.05) is 10.7 Å². The largest absolute Gasteiger partial charge is 0.489 e. The Hall–Kier alpha value is -2.53. The normalized spacial score (nSPS) is 10.4. The number of carbonyl (C=O) groups is 2. The molecule has 24 heavy (non-hydrogen) atoms. The van der Waals surface area contributed by atoms with Gasteiger partial charge in [-0.25, -0.2) is 0 Å². The van der Waals surface area contributed by atoms with Crippen LogP contribution in [0.15, 0.2) is 42.5 Å². The molecule has 0 spiro atoms. The summed E-state index contributed by atoms with van der Waals surface area (Å²) in [4.78, 5) is 24.2. The maximum absolute atomic E-state index is 12.1. The molecule has 0 aliphatic heterocycles. The van der Waals surface area contributed by atoms with E-state index in [4.69, 9.17) is 16.3 Å². The lowest BCUT2D eigenvalue weighted by molar-refractivity contribution is -0.133. The van der Waals surface area contributed by atoms with Gasteiger partial charge in [-0.1, -0.05) is 29.8 Å². The third-order valence-electron chi connectivity index (χ3n) is 3.15. The monoisotopic (exact) mass is 346 g/mol. The SMILES string of the molecule is Cc1ccc(Cl)cc1NC(=O)C(=O)Nc1ccccc1OC(C)C. The van der Waals surface area contributed by atoms with E-state index in [9.17, 15) is 9.59 Å². The van der Waals surface area contributed by atoms with Crippen LogP contribution in [-0.2, 0) is 9.59 Å². The van der Waals surface area contributed by atoms with Crippen molar-refractivity contribution in [3.8, 4) is 5.75 Å². The lowest BCUT2D eigenvalue weighted by Gasteiger charge is -2.15. The molecule has 0 unspecified atom stereocenters. The number of rotatable bonds is 4. The number of hydrogen-bond acceptors (Lipinski definition) is 3. The van der Waals surface area contributed by atoms with E-state index < -0.39 is 11.8 Å². The van der Waals surface area contributed by atoms with Gasteiger partial charge in [0.2, 0.25) is 0 Å². The van der Waals surface area contributed by atoms with Gasteiger partial charge in [-0.3, -0.25) is 9.59 Å². The van der Waals surface area contributed by atoms with Crippen molar-refractivity contribution in [2.45, 2.75) is 26.9 Å². The van der Waals surface area contributed by atoms with Crippen LogP contribution < -0.4 is 15.4 Å². The van der Waals surface area contributed by atoms with E-state index in [0.717, 1.165) is 5.56 Å². The zero-order chi connectivity index (χ0) is 17.7. The van der Waals surface area contributed by atoms with Crippen LogP contribution in [0.3, 0.4) is 0 Å². The first-order chi connectivity index (χ1) is 11.4. The summed E-state index contributed by atoms with van der Waals surface area (Å²) < 4.78 is 5.62. The summed E-state index contributed by atoms with van der Waals surface area (Å²) in [6.45, 7) is 5.58. The summed E-state index contributed by atoms with van der Waals surface area (Å²) in [5, 5.41) is 5.59. The average Bonchev–Trinajstić information content (AvgIpc) is 2.52. The molecule has 0 aliphatic rings. The van der Waals surface area contributed by atoms with Crippen LogP contribution in [0.2, 0.25) is 5.02 Å². The second kappa shape index (κ2) is 7.84. The summed E-state index contributed by atoms with van der Waals surface area (Å²) in [5.41, 5.74) is 1.74. The van der Waals surface area contributed by atoms with E-state index in [2.05, 4.69) is 10.6 Å². The molecule has 0 radical (unpaired) electrons. The van der Waals surface area contributed by atoms with Crippen molar-refractivity contribution in [2.24, 2.45) is 0 Å². The summed E-state index contributed by atoms with van der Waals surface area (Å²) in [6.07, 6.45) is -0.0500. The van der Waals surface area contributed by atoms with Crippen molar-refractivity contribution < 1.29 is 14.3 Å². The standard InChI is InChI=1S/C18H19ClN2O3/c1-11(2)24-16-7-5-4-6-14(16)20-17(22)18(23)21-15-10-13(19)9-8-12(15)3/h4-11H,1-3H3,(H,20,22)(H,21,23). The Bertz CT molecular complexity index is 760. The van der Waals surface area contributed by atoms with Crippen LogP contribution in [0.5, 0.6) is 5.75 Å². The fourth-order valence-corrected chi connectivity index (χ4v) is 2.19. The number of anilines is 2. The number of hydrogen-bond donors (Lipinski definition) is 2. The number of para-hydroxylation sites is 2. The molecule has 2 N–H and O–H groups in total. The molecule has 2 aromatic carbocycles. The molecule has 0 aliphatic carbocycles. The van der Waals surface area contributed by atoms with Crippen LogP contribution >= 0.6 is 11.6 Å². The Balaban J connectivity index is 2.10. The van der Waals surface area contributed by atoms with Gasteiger partial charge in [-0.15, -0.1) is 0 Å². The summed E-state index contributed by atoms with van der Waals surface area (Å²) in [6, 6.07) is 12.0. The minimum Gasteiger partial charge on any atom is -0.489 e. The van der Waals surface area contributed by atoms with Crippen molar-refractivity contribution >= 4 is 34.8 Å². The highest BCUT2D eigenvalue weighted by molar-refractivity contribution is 6.44. The molecule has 2 amide bonds. The van der Waals surface area contributed by atoms with Crippen molar-refractivity contribution in [1.29, 1.82) is 0 Å². The summed E-state index contributed by atoms with van der Waals surface area (Å²) in [7, 11) is 0. The molecular weight excluding hydrogens is 328 g/mol. The van der Waals surface area contributed by atoms with Crippen LogP contribution in [0.1, 0.15) is 19.4 Å². The number of aryl methyl sites for hydroxylation is 1. The smallest absolute Gasteiger partial charge is 0.314 e. The lowest BCUT2D eigenvalue weighted by atomic mass is 10.2. The zero-order valence-corrected chi connectivity index (χ0v) is 14.5. The number of nitrogens with one attached hydrogen (secondary N) is 2. The molecular formula is C18H19ClN2O3. The summed E-state index contributed by atoms with van der Waals surface area (Å²) >= 11 is 5.91. The van der Waals surface area contributed by atoms with Crippen LogP contribution in [0, 0.1) is 6.92 Å². The van der Waals surface area contributed by atoms with Crippen molar-refractivity contribution in [1.82, 2.24) is 0 Å². The van der Waals surface area contributed by atoms with Gasteiger partial charge >= 0.3 is 11.8 Å². The molecule has 0 atom stereocenters. The van der Waals surface area contributed by atoms with E-state index in [0.29, 0.717) is 22.1 Å². The first kappa shape index (κ1) is 17.8. The van der Waals surface area contributed by atoms with E-state index >= 15 is 0 Å². The number of carbonyl (C=O) groups excluding carboxylic acids is 2. The molecule has 0 bridgehead atoms. The fourth-order valence-electron chi connectivity index (χ4n) is 2.01. The highest BCUT2D eigenvalue weighted by Gasteiger charge is 2.17. The van der Waals surface area contributed by atoms with Gasteiger partial charge in [0.05, 0.1) is 11.8 Å². The van der Waals surface area contributed by atoms with E-state index in [1.807, 2.05) is 20.8 Å². The van der Waals surface area contributed by atoms with Gasteiger partial charge in [0.15, 0.2) is 0 Å². The molecule has 126 valence electrons. The second-order valence-corrected chi connectivity index (χ2v) is 5.97. The number of amides is 2. The zero-order valence-electron chi connectivity index (χ0n) is 13.7. The predicted molar refractivity (Wildman–Crippen MR) is 95.7 cm³/mol. The van der Waals surface area contributed by atoms with E-state index in [1.165, 1.54) is 0 Å². The van der Waals surface area contributed by atoms with Gasteiger partial charge in [-0.05, 0) is 50.6 Å². The summed E-state index contributed by atoms with van der Waals surface area (Å²) in [5.74, 6) is -1.05. The number of ether oxygens (including phenoxy) is 1. The van der Waals surface area contributed by atoms with Crippen molar-refractivity contribution in [3.63, 3.8) is 0 Å². The van der Waals surface area contributed by atoms with Gasteiger partial charge in [0.25, 0.3) is 0 Å². The molecule has 0 heterocycles. The molecule has 0 saturated carbocycles. The first-order valence-corrected chi connectivity index (χ1v) is 7.89. The van der Waals surface area contributed by atoms with Crippen molar-refractivity contribution in [2.75, 3.05) is 10.6 Å². The maximum Gasteiger partial charge on any atom is 0.314 e. The van der Waals surface area contributed by atoms with Crippen LogP contribution in [0.4, 0.5) is 11.4 Å². The predicted octanol–water partition coefficient (Wildman–Crippen LogP) is 4.01. The van der Waals surface area contributed by atoms with Gasteiger partial charge in [0.1, 0.15) is 5.75 Å². The van der Waals surface area contributed by atoms with Gasteiger partial charge < -0.3 is 15.4 Å². The average molecular weight is 347 g/mol. The highest BCUT2D eigenvalue weighted by Crippen LogP contribution is 2.25. The molecule has 0 saturated heterocycles. The van der Waals surface area contributed by atoms with Crippen LogP contribution in [0.25, 0.3) is 0 Å². The van der Waals surface area contributed by atoms with Gasteiger partial charge in [-0.2, -0.15) is 0 Å². The van der Waals surface area contributed by atoms with E-state index in [-0.39, 0.29) is 6.10 Å². The molecule has 6 heteroatoms.